The van der Waals surface area contributed by atoms with E-state index in [1.165, 1.54) is 11.8 Å². The van der Waals surface area contributed by atoms with Gasteiger partial charge in [0.15, 0.2) is 0 Å². The van der Waals surface area contributed by atoms with Crippen molar-refractivity contribution in [1.82, 2.24) is 0 Å². The number of anilines is 1. The molecule has 1 atom stereocenters. The van der Waals surface area contributed by atoms with Gasteiger partial charge in [0.1, 0.15) is 11.8 Å². The molecule has 2 rings (SSSR count). The minimum absolute atomic E-state index is 0.136. The highest BCUT2D eigenvalue weighted by Crippen LogP contribution is 2.26. The number of thioether (sulfide) groups is 1. The molecule has 0 bridgehead atoms. The quantitative estimate of drug-likeness (QED) is 0.855. The summed E-state index contributed by atoms with van der Waals surface area (Å²) in [6, 6.07) is 16.6. The lowest BCUT2D eigenvalue weighted by atomic mass is 10.2. The van der Waals surface area contributed by atoms with Gasteiger partial charge in [-0.05, 0) is 43.3 Å². The molecule has 5 heteroatoms. The number of ether oxygens (including phenoxy) is 1. The lowest BCUT2D eigenvalue weighted by Crippen LogP contribution is -2.22. The molecule has 0 aliphatic heterocycles. The SMILES string of the molecule is COc1ccc(S[C@H](C)C(=O)Nc2ccccc2C#N)cc1. The predicted octanol–water partition coefficient (Wildman–Crippen LogP) is 3.69. The van der Waals surface area contributed by atoms with Gasteiger partial charge in [-0.3, -0.25) is 4.79 Å². The number of benzene rings is 2. The zero-order chi connectivity index (χ0) is 15.9. The monoisotopic (exact) mass is 312 g/mol. The molecule has 4 nitrogen and oxygen atoms in total. The fraction of sp³-hybridized carbons (Fsp3) is 0.176. The van der Waals surface area contributed by atoms with Gasteiger partial charge < -0.3 is 10.1 Å². The molecule has 0 heterocycles. The Hall–Kier alpha value is -2.45. The van der Waals surface area contributed by atoms with Crippen molar-refractivity contribution >= 4 is 23.4 Å². The number of nitrogens with one attached hydrogen (secondary N) is 1. The molecule has 0 saturated heterocycles. The summed E-state index contributed by atoms with van der Waals surface area (Å²) in [6.07, 6.45) is 0. The van der Waals surface area contributed by atoms with E-state index in [4.69, 9.17) is 10.00 Å². The normalized spacial score (nSPS) is 11.3. The largest absolute Gasteiger partial charge is 0.497 e. The summed E-state index contributed by atoms with van der Waals surface area (Å²) in [5.41, 5.74) is 0.995. The van der Waals surface area contributed by atoms with Gasteiger partial charge in [-0.2, -0.15) is 5.26 Å². The molecule has 0 aliphatic rings. The number of nitriles is 1. The first-order valence-corrected chi connectivity index (χ1v) is 7.62. The fourth-order valence-corrected chi connectivity index (χ4v) is 2.70. The van der Waals surface area contributed by atoms with Crippen LogP contribution in [0.2, 0.25) is 0 Å². The van der Waals surface area contributed by atoms with Gasteiger partial charge in [0.2, 0.25) is 5.91 Å². The lowest BCUT2D eigenvalue weighted by molar-refractivity contribution is -0.115. The Morgan fingerprint density at radius 2 is 1.91 bits per heavy atom. The Labute approximate surface area is 134 Å². The number of carbonyl (C=O) groups is 1. The summed E-state index contributed by atoms with van der Waals surface area (Å²) >= 11 is 1.45. The van der Waals surface area contributed by atoms with Crippen LogP contribution >= 0.6 is 11.8 Å². The van der Waals surface area contributed by atoms with Crippen molar-refractivity contribution in [1.29, 1.82) is 5.26 Å². The Kier molecular flexibility index (Phi) is 5.45. The average molecular weight is 312 g/mol. The summed E-state index contributed by atoms with van der Waals surface area (Å²) in [5.74, 6) is 0.646. The van der Waals surface area contributed by atoms with Crippen molar-refractivity contribution in [3.05, 3.63) is 54.1 Å². The van der Waals surface area contributed by atoms with E-state index in [1.807, 2.05) is 31.2 Å². The van der Waals surface area contributed by atoms with E-state index in [1.54, 1.807) is 31.4 Å². The molecule has 22 heavy (non-hydrogen) atoms. The zero-order valence-corrected chi connectivity index (χ0v) is 13.2. The van der Waals surface area contributed by atoms with Crippen LogP contribution in [0.3, 0.4) is 0 Å². The van der Waals surface area contributed by atoms with Gasteiger partial charge in [0.05, 0.1) is 23.6 Å². The van der Waals surface area contributed by atoms with Crippen LogP contribution in [0, 0.1) is 11.3 Å². The summed E-state index contributed by atoms with van der Waals surface area (Å²) < 4.78 is 5.11. The standard InChI is InChI=1S/C17H16N2O2S/c1-12(22-15-9-7-14(21-2)8-10-15)17(20)19-16-6-4-3-5-13(16)11-18/h3-10,12H,1-2H3,(H,19,20)/t12-/m1/s1. The maximum Gasteiger partial charge on any atom is 0.237 e. The first-order chi connectivity index (χ1) is 10.6. The van der Waals surface area contributed by atoms with Crippen LogP contribution in [0.5, 0.6) is 5.75 Å². The molecule has 0 aliphatic carbocycles. The molecule has 0 unspecified atom stereocenters. The third kappa shape index (κ3) is 4.03. The van der Waals surface area contributed by atoms with E-state index in [-0.39, 0.29) is 11.2 Å². The second kappa shape index (κ2) is 7.53. The summed E-state index contributed by atoms with van der Waals surface area (Å²) in [7, 11) is 1.62. The maximum atomic E-state index is 12.2. The summed E-state index contributed by atoms with van der Waals surface area (Å²) in [6.45, 7) is 1.83. The highest BCUT2D eigenvalue weighted by molar-refractivity contribution is 8.00. The molecule has 0 saturated carbocycles. The lowest BCUT2D eigenvalue weighted by Gasteiger charge is -2.13. The minimum Gasteiger partial charge on any atom is -0.497 e. The fourth-order valence-electron chi connectivity index (χ4n) is 1.84. The number of rotatable bonds is 5. The Morgan fingerprint density at radius 1 is 1.23 bits per heavy atom. The van der Waals surface area contributed by atoms with E-state index < -0.39 is 0 Å². The molecule has 2 aromatic rings. The summed E-state index contributed by atoms with van der Waals surface area (Å²) in [4.78, 5) is 13.2. The molecule has 0 fully saturated rings. The van der Waals surface area contributed by atoms with Crippen LogP contribution in [0.4, 0.5) is 5.69 Å². The first kappa shape index (κ1) is 15.9. The van der Waals surface area contributed by atoms with Crippen molar-refractivity contribution in [3.63, 3.8) is 0 Å². The number of amides is 1. The topological polar surface area (TPSA) is 62.1 Å². The van der Waals surface area contributed by atoms with Crippen molar-refractivity contribution < 1.29 is 9.53 Å². The van der Waals surface area contributed by atoms with E-state index in [0.29, 0.717) is 11.3 Å². The number of hydrogen-bond donors (Lipinski definition) is 1. The highest BCUT2D eigenvalue weighted by atomic mass is 32.2. The van der Waals surface area contributed by atoms with E-state index >= 15 is 0 Å². The van der Waals surface area contributed by atoms with Gasteiger partial charge in [-0.15, -0.1) is 11.8 Å². The predicted molar refractivity (Wildman–Crippen MR) is 88.1 cm³/mol. The second-order valence-electron chi connectivity index (χ2n) is 4.58. The maximum absolute atomic E-state index is 12.2. The molecular weight excluding hydrogens is 296 g/mol. The van der Waals surface area contributed by atoms with Gasteiger partial charge in [-0.1, -0.05) is 12.1 Å². The van der Waals surface area contributed by atoms with Crippen molar-refractivity contribution in [2.75, 3.05) is 12.4 Å². The van der Waals surface area contributed by atoms with E-state index in [2.05, 4.69) is 11.4 Å². The number of para-hydroxylation sites is 1. The van der Waals surface area contributed by atoms with Crippen molar-refractivity contribution in [3.8, 4) is 11.8 Å². The molecule has 0 aromatic heterocycles. The van der Waals surface area contributed by atoms with Gasteiger partial charge >= 0.3 is 0 Å². The van der Waals surface area contributed by atoms with Gasteiger partial charge in [0.25, 0.3) is 0 Å². The zero-order valence-electron chi connectivity index (χ0n) is 12.4. The smallest absolute Gasteiger partial charge is 0.237 e. The van der Waals surface area contributed by atoms with Crippen LogP contribution in [0.15, 0.2) is 53.4 Å². The molecule has 1 N–H and O–H groups in total. The first-order valence-electron chi connectivity index (χ1n) is 6.74. The molecular formula is C17H16N2O2S. The van der Waals surface area contributed by atoms with Crippen LogP contribution in [-0.2, 0) is 4.79 Å². The molecule has 0 radical (unpaired) electrons. The third-order valence-corrected chi connectivity index (χ3v) is 4.16. The number of methoxy groups -OCH3 is 1. The van der Waals surface area contributed by atoms with Crippen LogP contribution < -0.4 is 10.1 Å². The number of carbonyl (C=O) groups excluding carboxylic acids is 1. The summed E-state index contributed by atoms with van der Waals surface area (Å²) in [5, 5.41) is 11.6. The van der Waals surface area contributed by atoms with E-state index in [9.17, 15) is 4.79 Å². The number of nitrogens with zero attached hydrogens (tertiary/aromatic N) is 1. The van der Waals surface area contributed by atoms with E-state index in [0.717, 1.165) is 10.6 Å². The molecule has 1 amide bonds. The molecule has 112 valence electrons. The minimum atomic E-state index is -0.278. The van der Waals surface area contributed by atoms with Gasteiger partial charge in [0, 0.05) is 4.90 Å². The number of hydrogen-bond acceptors (Lipinski definition) is 4. The van der Waals surface area contributed by atoms with Crippen LogP contribution in [-0.4, -0.2) is 18.3 Å². The molecule has 2 aromatic carbocycles. The Morgan fingerprint density at radius 3 is 2.55 bits per heavy atom. The van der Waals surface area contributed by atoms with Crippen LogP contribution in [0.25, 0.3) is 0 Å². The Balaban J connectivity index is 2.01. The molecule has 0 spiro atoms. The second-order valence-corrected chi connectivity index (χ2v) is 6.00. The van der Waals surface area contributed by atoms with Crippen molar-refractivity contribution in [2.45, 2.75) is 17.1 Å². The third-order valence-electron chi connectivity index (χ3n) is 3.05. The Bertz CT molecular complexity index is 693. The highest BCUT2D eigenvalue weighted by Gasteiger charge is 2.15. The van der Waals surface area contributed by atoms with Crippen LogP contribution in [0.1, 0.15) is 12.5 Å². The average Bonchev–Trinajstić information content (AvgIpc) is 2.56. The van der Waals surface area contributed by atoms with Gasteiger partial charge in [-0.25, -0.2) is 0 Å². The van der Waals surface area contributed by atoms with Crippen molar-refractivity contribution in [2.24, 2.45) is 0 Å².